The Kier molecular flexibility index (Phi) is 6.51. The van der Waals surface area contributed by atoms with Gasteiger partial charge in [0.05, 0.1) is 12.2 Å². The van der Waals surface area contributed by atoms with E-state index in [0.29, 0.717) is 25.1 Å². The monoisotopic (exact) mass is 527 g/mol. The molecule has 0 radical (unpaired) electrons. The molecule has 0 aromatic heterocycles. The molecule has 6 aliphatic rings. The molecular formula is C33H41N3O3. The van der Waals surface area contributed by atoms with Crippen LogP contribution in [0.3, 0.4) is 0 Å². The van der Waals surface area contributed by atoms with Gasteiger partial charge >= 0.3 is 0 Å². The number of benzene rings is 2. The topological polar surface area (TPSA) is 61.9 Å². The van der Waals surface area contributed by atoms with Crippen molar-refractivity contribution in [2.24, 2.45) is 23.2 Å². The molecule has 6 fully saturated rings. The van der Waals surface area contributed by atoms with Gasteiger partial charge in [0.15, 0.2) is 0 Å². The van der Waals surface area contributed by atoms with Gasteiger partial charge in [-0.1, -0.05) is 36.4 Å². The third-order valence-electron chi connectivity index (χ3n) is 10.2. The van der Waals surface area contributed by atoms with E-state index in [4.69, 9.17) is 4.74 Å². The minimum absolute atomic E-state index is 0.0232. The lowest BCUT2D eigenvalue weighted by Crippen LogP contribution is -2.60. The summed E-state index contributed by atoms with van der Waals surface area (Å²) in [6.45, 7) is 5.78. The van der Waals surface area contributed by atoms with E-state index in [1.807, 2.05) is 36.1 Å². The second kappa shape index (κ2) is 10.0. The zero-order valence-electron chi connectivity index (χ0n) is 23.1. The number of ether oxygens (including phenoxy) is 1. The van der Waals surface area contributed by atoms with Gasteiger partial charge in [0, 0.05) is 50.4 Å². The third-order valence-corrected chi connectivity index (χ3v) is 10.2. The Labute approximate surface area is 232 Å². The Morgan fingerprint density at radius 2 is 1.54 bits per heavy atom. The van der Waals surface area contributed by atoms with Crippen molar-refractivity contribution < 1.29 is 14.3 Å². The van der Waals surface area contributed by atoms with Crippen molar-refractivity contribution in [1.29, 1.82) is 0 Å². The molecule has 2 unspecified atom stereocenters. The molecule has 8 rings (SSSR count). The maximum absolute atomic E-state index is 13.6. The van der Waals surface area contributed by atoms with Crippen molar-refractivity contribution in [3.8, 4) is 0 Å². The number of rotatable bonds is 6. The predicted molar refractivity (Wildman–Crippen MR) is 151 cm³/mol. The minimum Gasteiger partial charge on any atom is -0.369 e. The fourth-order valence-electron chi connectivity index (χ4n) is 9.03. The quantitative estimate of drug-likeness (QED) is 0.556. The molecule has 4 saturated carbocycles. The molecule has 2 aliphatic heterocycles. The Balaban J connectivity index is 0.987. The van der Waals surface area contributed by atoms with E-state index < -0.39 is 0 Å². The standard InChI is InChI=1S/C33H41N3O3/c1-22-7-8-27(12-30(22)34-31(37)16-33-13-24-9-25(14-33)11-26(10-24)15-33)32(38)36-20-28-18-35(19-29(21-36)39-28)17-23-5-3-2-4-6-23/h2-8,12,24-26,28-29H,9-11,13-21H2,1H3,(H,34,37). The van der Waals surface area contributed by atoms with Gasteiger partial charge in [-0.05, 0) is 91.9 Å². The van der Waals surface area contributed by atoms with Crippen molar-refractivity contribution in [2.75, 3.05) is 31.5 Å². The van der Waals surface area contributed by atoms with Crippen molar-refractivity contribution >= 4 is 17.5 Å². The summed E-state index contributed by atoms with van der Waals surface area (Å²) in [4.78, 5) is 31.3. The molecule has 2 atom stereocenters. The van der Waals surface area contributed by atoms with Crippen LogP contribution in [0.2, 0.25) is 0 Å². The molecule has 6 heteroatoms. The van der Waals surface area contributed by atoms with Crippen LogP contribution in [0.5, 0.6) is 0 Å². The summed E-state index contributed by atoms with van der Waals surface area (Å²) < 4.78 is 6.22. The summed E-state index contributed by atoms with van der Waals surface area (Å²) in [5.41, 5.74) is 3.94. The average Bonchev–Trinajstić information content (AvgIpc) is 2.88. The van der Waals surface area contributed by atoms with Gasteiger partial charge in [0.1, 0.15) is 0 Å². The van der Waals surface area contributed by atoms with Crippen LogP contribution in [-0.4, -0.2) is 60.0 Å². The molecule has 4 aliphatic carbocycles. The first-order valence-electron chi connectivity index (χ1n) is 15.0. The number of carbonyl (C=O) groups excluding carboxylic acids is 2. The van der Waals surface area contributed by atoms with Gasteiger partial charge in [-0.25, -0.2) is 0 Å². The molecular weight excluding hydrogens is 486 g/mol. The second-order valence-corrected chi connectivity index (χ2v) is 13.4. The molecule has 6 nitrogen and oxygen atoms in total. The van der Waals surface area contributed by atoms with Gasteiger partial charge < -0.3 is 15.0 Å². The number of aryl methyl sites for hydroxylation is 1. The Bertz CT molecular complexity index is 1190. The Morgan fingerprint density at radius 3 is 2.18 bits per heavy atom. The fourth-order valence-corrected chi connectivity index (χ4v) is 9.03. The third kappa shape index (κ3) is 5.26. The number of anilines is 1. The molecule has 2 aromatic rings. The van der Waals surface area contributed by atoms with Crippen LogP contribution in [0.1, 0.15) is 66.4 Å². The minimum atomic E-state index is 0.0232. The molecule has 2 heterocycles. The Morgan fingerprint density at radius 1 is 0.897 bits per heavy atom. The number of nitrogens with zero attached hydrogens (tertiary/aromatic N) is 2. The highest BCUT2D eigenvalue weighted by molar-refractivity contribution is 5.98. The van der Waals surface area contributed by atoms with Crippen LogP contribution < -0.4 is 5.32 Å². The highest BCUT2D eigenvalue weighted by Crippen LogP contribution is 2.61. The van der Waals surface area contributed by atoms with Gasteiger partial charge in [-0.15, -0.1) is 0 Å². The second-order valence-electron chi connectivity index (χ2n) is 13.4. The van der Waals surface area contributed by atoms with E-state index in [0.717, 1.165) is 48.6 Å². The number of hydrogen-bond donors (Lipinski definition) is 1. The number of amides is 2. The van der Waals surface area contributed by atoms with E-state index >= 15 is 0 Å². The van der Waals surface area contributed by atoms with Gasteiger partial charge in [-0.3, -0.25) is 14.5 Å². The first-order valence-corrected chi connectivity index (χ1v) is 15.0. The van der Waals surface area contributed by atoms with Crippen LogP contribution >= 0.6 is 0 Å². The van der Waals surface area contributed by atoms with E-state index in [-0.39, 0.29) is 29.4 Å². The van der Waals surface area contributed by atoms with Crippen LogP contribution in [-0.2, 0) is 16.1 Å². The van der Waals surface area contributed by atoms with Gasteiger partial charge in [-0.2, -0.15) is 0 Å². The maximum atomic E-state index is 13.6. The molecule has 2 amide bonds. The fraction of sp³-hybridized carbons (Fsp3) is 0.576. The molecule has 6 bridgehead atoms. The number of morpholine rings is 2. The summed E-state index contributed by atoms with van der Waals surface area (Å²) in [6, 6.07) is 16.3. The molecule has 206 valence electrons. The van der Waals surface area contributed by atoms with Crippen molar-refractivity contribution in [3.63, 3.8) is 0 Å². The van der Waals surface area contributed by atoms with E-state index in [1.54, 1.807) is 0 Å². The van der Waals surface area contributed by atoms with Crippen molar-refractivity contribution in [2.45, 2.75) is 70.6 Å². The summed E-state index contributed by atoms with van der Waals surface area (Å²) in [6.07, 6.45) is 8.52. The molecule has 0 spiro atoms. The van der Waals surface area contributed by atoms with Crippen LogP contribution in [0.4, 0.5) is 5.69 Å². The van der Waals surface area contributed by atoms with E-state index in [9.17, 15) is 9.59 Å². The Hall–Kier alpha value is -2.70. The number of fused-ring (bicyclic) bond motifs is 2. The highest BCUT2D eigenvalue weighted by atomic mass is 16.5. The molecule has 2 saturated heterocycles. The average molecular weight is 528 g/mol. The smallest absolute Gasteiger partial charge is 0.254 e. The van der Waals surface area contributed by atoms with Crippen LogP contribution in [0.25, 0.3) is 0 Å². The summed E-state index contributed by atoms with van der Waals surface area (Å²) in [7, 11) is 0. The van der Waals surface area contributed by atoms with Crippen LogP contribution in [0, 0.1) is 30.1 Å². The number of carbonyl (C=O) groups is 2. The molecule has 1 N–H and O–H groups in total. The van der Waals surface area contributed by atoms with Crippen molar-refractivity contribution in [3.05, 3.63) is 65.2 Å². The lowest BCUT2D eigenvalue weighted by atomic mass is 9.49. The summed E-state index contributed by atoms with van der Waals surface area (Å²) in [5.74, 6) is 2.66. The number of hydrogen-bond acceptors (Lipinski definition) is 4. The normalized spacial score (nSPS) is 33.3. The largest absolute Gasteiger partial charge is 0.369 e. The van der Waals surface area contributed by atoms with E-state index in [1.165, 1.54) is 44.1 Å². The first-order chi connectivity index (χ1) is 18.9. The molecule has 2 aromatic carbocycles. The highest BCUT2D eigenvalue weighted by Gasteiger charge is 2.51. The van der Waals surface area contributed by atoms with Gasteiger partial charge in [0.25, 0.3) is 5.91 Å². The van der Waals surface area contributed by atoms with Crippen LogP contribution in [0.15, 0.2) is 48.5 Å². The lowest BCUT2D eigenvalue weighted by Gasteiger charge is -2.56. The van der Waals surface area contributed by atoms with Crippen molar-refractivity contribution in [1.82, 2.24) is 9.80 Å². The lowest BCUT2D eigenvalue weighted by molar-refractivity contribution is -0.131. The number of nitrogens with one attached hydrogen (secondary N) is 1. The van der Waals surface area contributed by atoms with E-state index in [2.05, 4.69) is 34.5 Å². The maximum Gasteiger partial charge on any atom is 0.254 e. The SMILES string of the molecule is Cc1ccc(C(=O)N2CC3CN(Cc4ccccc4)CC(C2)O3)cc1NC(=O)CC12CC3CC(CC(C3)C1)C2. The van der Waals surface area contributed by atoms with Gasteiger partial charge in [0.2, 0.25) is 5.91 Å². The zero-order chi connectivity index (χ0) is 26.6. The molecule has 39 heavy (non-hydrogen) atoms. The summed E-state index contributed by atoms with van der Waals surface area (Å²) >= 11 is 0. The summed E-state index contributed by atoms with van der Waals surface area (Å²) in [5, 5.41) is 3.21. The predicted octanol–water partition coefficient (Wildman–Crippen LogP) is 5.27. The first kappa shape index (κ1) is 25.3. The zero-order valence-corrected chi connectivity index (χ0v) is 23.1.